The van der Waals surface area contributed by atoms with Gasteiger partial charge in [0.2, 0.25) is 11.2 Å². The quantitative estimate of drug-likeness (QED) is 0.0534. The Balaban J connectivity index is -0.000000104. The fourth-order valence-electron chi connectivity index (χ4n) is 12.2. The normalized spacial score (nSPS) is 10.8. The molecule has 0 amide bonds. The van der Waals surface area contributed by atoms with E-state index in [2.05, 4.69) is 28.6 Å². The number of rotatable bonds is 5. The molecule has 0 spiro atoms. The summed E-state index contributed by atoms with van der Waals surface area (Å²) >= 11 is 0. The van der Waals surface area contributed by atoms with Crippen LogP contribution in [-0.2, 0) is 366 Å². The topological polar surface area (TPSA) is 313 Å². The minimum Gasteiger partial charge on any atom is -1.00 e. The number of nitrogens with one attached hydrogen (secondary N) is 11. The van der Waals surface area contributed by atoms with Crippen molar-refractivity contribution < 1.29 is 391 Å². The fourth-order valence-corrected chi connectivity index (χ4v) is 12.2. The third-order valence-corrected chi connectivity index (χ3v) is 16.9. The molecular formula is C83H67B11BrN13O2Y11-11. The predicted octanol–water partition coefficient (Wildman–Crippen LogP) is 20.5. The second kappa shape index (κ2) is 73.7. The summed E-state index contributed by atoms with van der Waals surface area (Å²) < 4.78 is 2.25. The van der Waals surface area contributed by atoms with Crippen LogP contribution in [0.25, 0.3) is 129 Å². The molecule has 14 aromatic rings. The molecule has 2 aliphatic rings. The second-order valence-corrected chi connectivity index (χ2v) is 23.3. The van der Waals surface area contributed by atoms with Gasteiger partial charge in [-0.05, 0) is 81.6 Å². The van der Waals surface area contributed by atoms with E-state index in [9.17, 15) is 9.59 Å². The van der Waals surface area contributed by atoms with E-state index in [0.29, 0.717) is 51.2 Å². The first-order chi connectivity index (χ1) is 47.5. The van der Waals surface area contributed by atoms with E-state index in [4.69, 9.17) is 63.1 Å². The molecule has 44 radical (unpaired) electrons. The molecule has 0 saturated heterocycles. The molecule has 0 fully saturated rings. The fraction of sp³-hybridized carbons (Fsp3) is 0.0602. The number of Topliss-reactive ketones (excluding diaryl/α,β-unsaturated/α-hetero) is 2. The number of carbonyl (C=O) groups is 2. The van der Waals surface area contributed by atoms with Gasteiger partial charge in [-0.1, -0.05) is 255 Å². The molecule has 2 aromatic heterocycles. The van der Waals surface area contributed by atoms with Gasteiger partial charge in [-0.25, -0.2) is 4.98 Å². The van der Waals surface area contributed by atoms with Crippen LogP contribution in [0.15, 0.2) is 291 Å². The Hall–Kier alpha value is 0.197. The summed E-state index contributed by atoms with van der Waals surface area (Å²) in [7, 11) is 0. The Labute approximate surface area is 1020 Å². The van der Waals surface area contributed by atoms with Crippen molar-refractivity contribution in [3.8, 4) is 11.3 Å². The zero-order valence-corrected chi connectivity index (χ0v) is 99.2. The van der Waals surface area contributed by atoms with Crippen LogP contribution in [0.1, 0.15) is 50.2 Å². The van der Waals surface area contributed by atoms with Crippen molar-refractivity contribution in [2.24, 2.45) is 11.8 Å². The minimum atomic E-state index is -0.513. The van der Waals surface area contributed by atoms with E-state index in [1.165, 1.54) is 12.1 Å². The smallest absolute Gasteiger partial charge is 0.220 e. The number of aryl methyl sites for hydroxylation is 1. The van der Waals surface area contributed by atoms with Crippen LogP contribution in [0.3, 0.4) is 0 Å². The summed E-state index contributed by atoms with van der Waals surface area (Å²) in [6, 6.07) is 82.7. The van der Waals surface area contributed by atoms with Crippen LogP contribution in [0.5, 0.6) is 0 Å². The molecule has 121 heavy (non-hydrogen) atoms. The number of hydrogen-bond donors (Lipinski definition) is 0. The van der Waals surface area contributed by atoms with Gasteiger partial charge < -0.3 is 80.1 Å². The third kappa shape index (κ3) is 38.7. The first kappa shape index (κ1) is 150. The van der Waals surface area contributed by atoms with Crippen molar-refractivity contribution in [2.75, 3.05) is 0 Å². The van der Waals surface area contributed by atoms with E-state index in [-0.39, 0.29) is 509 Å². The average Bonchev–Trinajstić information content (AvgIpc) is 0.744. The minimum absolute atomic E-state index is 0. The van der Waals surface area contributed by atoms with Gasteiger partial charge in [0.15, 0.2) is 11.6 Å². The zero-order valence-electron chi connectivity index (χ0n) is 66.4. The van der Waals surface area contributed by atoms with Crippen LogP contribution >= 0.6 is 0 Å². The Morgan fingerprint density at radius 2 is 0.620 bits per heavy atom. The van der Waals surface area contributed by atoms with Gasteiger partial charge in [-0.2, -0.15) is 4.57 Å². The molecule has 2 aliphatic carbocycles. The van der Waals surface area contributed by atoms with Crippen molar-refractivity contribution in [2.45, 2.75) is 19.4 Å². The van der Waals surface area contributed by atoms with Crippen molar-refractivity contribution in [3.05, 3.63) is 382 Å². The third-order valence-electron chi connectivity index (χ3n) is 16.9. The molecular weight excluding hydrogens is 2390 g/mol. The molecule has 560 valence electrons. The molecule has 15 nitrogen and oxygen atoms in total. The van der Waals surface area contributed by atoms with Gasteiger partial charge in [0.25, 0.3) is 0 Å². The van der Waals surface area contributed by atoms with Crippen molar-refractivity contribution >= 4 is 221 Å². The average molecular weight is 2460 g/mol. The van der Waals surface area contributed by atoms with Crippen molar-refractivity contribution in [3.63, 3.8) is 0 Å². The van der Waals surface area contributed by atoms with Crippen LogP contribution in [0, 0.1) is 11.8 Å². The Bertz CT molecular complexity index is 5110. The molecule has 0 aliphatic heterocycles. The number of fused-ring (bicyclic) bond motifs is 8. The number of halogens is 1. The number of ketones is 2. The Morgan fingerprint density at radius 3 is 0.975 bits per heavy atom. The summed E-state index contributed by atoms with van der Waals surface area (Å²) in [5.74, 6) is -1.44. The SMILES string of the molecule is CC[n+]1c(-c2ccccc2)c2cc([NH-])ccc2c2ccc([NH-])cc21.[B].[B].[B].[B].[B].[B].[B].[B].[B].[B].[B].[Br-].[NH-]c1c2ccccc2nc2ccccc12.[NH-]c1ccc(C(c2ccc([NH-])cc2)c2ccc([NH-])cc2)cc1.[NH-]c1ccc([NH-])c2c1C(=O)C1C=CC=CC1C2=O.[NH-]c1cccc2c([NH-])cccc12.[NH-]c1ccccc1.[Y].[Y].[Y].[Y].[Y].[Y].[Y].[Y].[Y].[Y].[Y]. The van der Waals surface area contributed by atoms with Gasteiger partial charge >= 0.3 is 0 Å². The molecule has 38 heteroatoms. The van der Waals surface area contributed by atoms with Gasteiger partial charge in [-0.3, -0.25) is 9.59 Å². The van der Waals surface area contributed by atoms with Gasteiger partial charge in [0.1, 0.15) is 6.54 Å². The number of pyridine rings is 2. The molecule has 2 unspecified atom stereocenters. The number of carbonyl (C=O) groups excluding carboxylic acids is 2. The summed E-state index contributed by atoms with van der Waals surface area (Å²) in [5, 5.41) is 6.87. The number of benzene rings is 12. The van der Waals surface area contributed by atoms with E-state index >= 15 is 0 Å². The maximum absolute atomic E-state index is 12.3. The molecule has 2 atom stereocenters. The molecule has 0 bridgehead atoms. The first-order valence-corrected chi connectivity index (χ1v) is 31.6. The largest absolute Gasteiger partial charge is 1.00 e. The van der Waals surface area contributed by atoms with Crippen LogP contribution < -0.4 is 21.5 Å². The van der Waals surface area contributed by atoms with E-state index in [1.807, 2.05) is 182 Å². The predicted molar refractivity (Wildman–Crippen MR) is 470 cm³/mol. The number of hydrogen-bond acceptors (Lipinski definition) is 3. The van der Waals surface area contributed by atoms with Crippen molar-refractivity contribution in [1.82, 2.24) is 4.98 Å². The van der Waals surface area contributed by atoms with E-state index in [0.717, 1.165) is 88.7 Å². The molecule has 12 aromatic carbocycles. The van der Waals surface area contributed by atoms with Crippen LogP contribution in [-0.4, -0.2) is 109 Å². The molecule has 2 heterocycles. The first-order valence-electron chi connectivity index (χ1n) is 31.6. The second-order valence-electron chi connectivity index (χ2n) is 23.3. The Kier molecular flexibility index (Phi) is 91.1. The number of allylic oxidation sites excluding steroid dienone is 4. The summed E-state index contributed by atoms with van der Waals surface area (Å²) in [5.41, 5.74) is 98.1. The molecule has 11 N–H and O–H groups in total. The number of para-hydroxylation sites is 2. The number of aromatic nitrogens is 2. The monoisotopic (exact) mass is 2460 g/mol. The summed E-state index contributed by atoms with van der Waals surface area (Å²) in [6.45, 7) is 2.93. The molecule has 16 rings (SSSR count). The molecule has 0 saturated carbocycles. The van der Waals surface area contributed by atoms with E-state index in [1.54, 1.807) is 85.0 Å². The Morgan fingerprint density at radius 1 is 0.306 bits per heavy atom. The van der Waals surface area contributed by atoms with E-state index < -0.39 is 11.8 Å². The van der Waals surface area contributed by atoms with Crippen LogP contribution in [0.2, 0.25) is 0 Å². The van der Waals surface area contributed by atoms with Gasteiger partial charge in [0, 0.05) is 480 Å². The van der Waals surface area contributed by atoms with Crippen LogP contribution in [0.4, 0.5) is 62.6 Å². The standard InChI is InChI=1S/C21H18N3.C19H16N3.C14H12N2O2.C13H9N2.C10H8N2.C6H6N.11B.BrH.11Y/c1-2-24-20-13-16(23)9-11-18(20)17-10-8-15(22)12-19(17)21(24)14-6-4-3-5-7-14;20-16-7-1-13(2-8-16)19(14-3-9-17(21)10-4-14)15-5-11-18(22)12-6-15;15-9-5-6-10(16)12-11(9)13(17)7-3-1-2-4-8(7)14(12)18;14-13-9-5-1-3-7-11(9)15-12-8-4-2-6-10(12)13;11-9-5-1-3-7-8(9)4-2-6-10(7)12;7-6-4-2-1-3-5-6;;;;;;;;;;;;;;;;;;;;;;;/h3-13,22-23H,2H2,1H3;1-12,19-22H;1-8H,(H4,15,16,17,18);1-8H,(H-,14,15);1-6,11-12H;1-5,7H;;;;;;;;;;;;1H;;;;;;;;;;;/q-1;-3;;-1;-2;-1;;;;;;;;;;;;;;;;;;;;;;;/p-3. The van der Waals surface area contributed by atoms with Crippen molar-refractivity contribution in [1.29, 1.82) is 0 Å². The number of nitrogens with zero attached hydrogens (tertiary/aromatic N) is 2. The maximum atomic E-state index is 12.3. The summed E-state index contributed by atoms with van der Waals surface area (Å²) in [4.78, 5) is 29.2. The van der Waals surface area contributed by atoms with Gasteiger partial charge in [-0.15, -0.1) is 62.6 Å². The zero-order chi connectivity index (χ0) is 69.0. The summed E-state index contributed by atoms with van der Waals surface area (Å²) in [6.07, 6.45) is 6.88. The van der Waals surface area contributed by atoms with Gasteiger partial charge in [0.05, 0.1) is 33.6 Å². The maximum Gasteiger partial charge on any atom is 0.220 e.